The second kappa shape index (κ2) is 4.28. The Morgan fingerprint density at radius 2 is 2.05 bits per heavy atom. The molecule has 0 unspecified atom stereocenters. The predicted molar refractivity (Wildman–Crippen MR) is 83.7 cm³/mol. The third-order valence-electron chi connectivity index (χ3n) is 3.73. The number of primary amides is 1. The van der Waals surface area contributed by atoms with E-state index in [0.717, 1.165) is 4.88 Å². The number of rotatable bonds is 2. The van der Waals surface area contributed by atoms with Crippen molar-refractivity contribution in [2.24, 2.45) is 5.73 Å². The second-order valence-corrected chi connectivity index (χ2v) is 5.89. The molecule has 0 bridgehead atoms. The van der Waals surface area contributed by atoms with E-state index in [4.69, 9.17) is 11.5 Å². The van der Waals surface area contributed by atoms with Gasteiger partial charge in [-0.05, 0) is 23.6 Å². The van der Waals surface area contributed by atoms with Crippen LogP contribution >= 0.6 is 11.3 Å². The molecule has 0 atom stereocenters. The highest BCUT2D eigenvalue weighted by Crippen LogP contribution is 2.43. The molecular weight excluding hydrogens is 300 g/mol. The SMILES string of the molecule is NC(=O)c1c(N)ccc2c1C(=O)c1c-2n[nH]c1-c1cccs1. The number of hydrogen-bond acceptors (Lipinski definition) is 5. The summed E-state index contributed by atoms with van der Waals surface area (Å²) in [6.07, 6.45) is 0. The lowest BCUT2D eigenvalue weighted by atomic mass is 9.99. The van der Waals surface area contributed by atoms with Crippen molar-refractivity contribution in [3.63, 3.8) is 0 Å². The van der Waals surface area contributed by atoms with Gasteiger partial charge in [0, 0.05) is 16.8 Å². The fraction of sp³-hybridized carbons (Fsp3) is 0. The van der Waals surface area contributed by atoms with Gasteiger partial charge in [0.2, 0.25) is 0 Å². The number of fused-ring (bicyclic) bond motifs is 3. The summed E-state index contributed by atoms with van der Waals surface area (Å²) in [6, 6.07) is 7.06. The highest BCUT2D eigenvalue weighted by molar-refractivity contribution is 7.13. The molecule has 108 valence electrons. The third kappa shape index (κ3) is 1.51. The first-order chi connectivity index (χ1) is 10.6. The van der Waals surface area contributed by atoms with E-state index in [-0.39, 0.29) is 22.6 Å². The van der Waals surface area contributed by atoms with Gasteiger partial charge in [-0.1, -0.05) is 6.07 Å². The average molecular weight is 310 g/mol. The van der Waals surface area contributed by atoms with E-state index in [0.29, 0.717) is 22.5 Å². The molecule has 0 saturated heterocycles. The van der Waals surface area contributed by atoms with Gasteiger partial charge in [-0.25, -0.2) is 0 Å². The highest BCUT2D eigenvalue weighted by Gasteiger charge is 2.36. The molecule has 22 heavy (non-hydrogen) atoms. The Kier molecular flexibility index (Phi) is 2.49. The summed E-state index contributed by atoms with van der Waals surface area (Å²) < 4.78 is 0. The van der Waals surface area contributed by atoms with Crippen LogP contribution in [0.1, 0.15) is 26.3 Å². The first kappa shape index (κ1) is 12.8. The molecule has 1 aromatic carbocycles. The molecular formula is C15H10N4O2S. The molecule has 5 N–H and O–H groups in total. The number of nitrogens with zero attached hydrogens (tertiary/aromatic N) is 1. The van der Waals surface area contributed by atoms with Gasteiger partial charge >= 0.3 is 0 Å². The summed E-state index contributed by atoms with van der Waals surface area (Å²) in [5.41, 5.74) is 14.0. The zero-order valence-corrected chi connectivity index (χ0v) is 12.0. The van der Waals surface area contributed by atoms with Gasteiger partial charge in [0.05, 0.1) is 21.7 Å². The van der Waals surface area contributed by atoms with E-state index in [1.54, 1.807) is 12.1 Å². The van der Waals surface area contributed by atoms with Gasteiger partial charge in [0.1, 0.15) is 5.69 Å². The second-order valence-electron chi connectivity index (χ2n) is 4.95. The Labute approximate surface area is 128 Å². The van der Waals surface area contributed by atoms with Crippen molar-refractivity contribution >= 4 is 28.7 Å². The molecule has 1 amide bonds. The van der Waals surface area contributed by atoms with E-state index in [9.17, 15) is 9.59 Å². The molecule has 0 spiro atoms. The number of nitrogens with one attached hydrogen (secondary N) is 1. The Morgan fingerprint density at radius 3 is 2.73 bits per heavy atom. The van der Waals surface area contributed by atoms with Gasteiger partial charge < -0.3 is 11.5 Å². The summed E-state index contributed by atoms with van der Waals surface area (Å²) in [5, 5.41) is 9.07. The van der Waals surface area contributed by atoms with Crippen molar-refractivity contribution in [2.45, 2.75) is 0 Å². The van der Waals surface area contributed by atoms with Gasteiger partial charge in [0.15, 0.2) is 5.78 Å². The molecule has 1 aliphatic carbocycles. The van der Waals surface area contributed by atoms with Crippen LogP contribution in [0.3, 0.4) is 0 Å². The van der Waals surface area contributed by atoms with E-state index in [2.05, 4.69) is 10.2 Å². The lowest BCUT2D eigenvalue weighted by Crippen LogP contribution is -2.18. The summed E-state index contributed by atoms with van der Waals surface area (Å²) in [5.74, 6) is -0.988. The van der Waals surface area contributed by atoms with Crippen LogP contribution in [0.5, 0.6) is 0 Å². The normalized spacial score (nSPS) is 12.3. The molecule has 2 aromatic heterocycles. The topological polar surface area (TPSA) is 115 Å². The molecule has 0 radical (unpaired) electrons. The van der Waals surface area contributed by atoms with E-state index < -0.39 is 5.91 Å². The summed E-state index contributed by atoms with van der Waals surface area (Å²) in [7, 11) is 0. The zero-order valence-electron chi connectivity index (χ0n) is 11.2. The van der Waals surface area contributed by atoms with Crippen LogP contribution in [0.15, 0.2) is 29.6 Å². The number of carbonyl (C=O) groups excluding carboxylic acids is 2. The van der Waals surface area contributed by atoms with Crippen molar-refractivity contribution in [3.8, 4) is 21.8 Å². The molecule has 7 heteroatoms. The molecule has 0 fully saturated rings. The van der Waals surface area contributed by atoms with Crippen LogP contribution in [0.4, 0.5) is 5.69 Å². The van der Waals surface area contributed by atoms with Gasteiger partial charge in [-0.3, -0.25) is 14.7 Å². The van der Waals surface area contributed by atoms with Crippen LogP contribution in [0.2, 0.25) is 0 Å². The van der Waals surface area contributed by atoms with Crippen molar-refractivity contribution in [2.75, 3.05) is 5.73 Å². The van der Waals surface area contributed by atoms with Gasteiger partial charge in [0.25, 0.3) is 5.91 Å². The molecule has 4 rings (SSSR count). The number of anilines is 1. The maximum absolute atomic E-state index is 12.8. The monoisotopic (exact) mass is 310 g/mol. The van der Waals surface area contributed by atoms with Crippen molar-refractivity contribution in [3.05, 3.63) is 46.3 Å². The Hall–Kier alpha value is -2.93. The van der Waals surface area contributed by atoms with Crippen LogP contribution in [-0.2, 0) is 0 Å². The van der Waals surface area contributed by atoms with Crippen LogP contribution < -0.4 is 11.5 Å². The number of aromatic amines is 1. The Morgan fingerprint density at radius 1 is 1.23 bits per heavy atom. The summed E-state index contributed by atoms with van der Waals surface area (Å²) in [6.45, 7) is 0. The number of benzene rings is 1. The number of amides is 1. The summed E-state index contributed by atoms with van der Waals surface area (Å²) >= 11 is 1.50. The quantitative estimate of drug-likeness (QED) is 0.491. The maximum Gasteiger partial charge on any atom is 0.251 e. The third-order valence-corrected chi connectivity index (χ3v) is 4.61. The molecule has 3 aromatic rings. The minimum atomic E-state index is -0.713. The van der Waals surface area contributed by atoms with E-state index >= 15 is 0 Å². The molecule has 0 aliphatic heterocycles. The standard InChI is InChI=1S/C15H10N4O2S/c16-7-4-3-6-9(10(7)15(17)21)14(20)11-12(6)18-19-13(11)8-2-1-5-22-8/h1-5H,16H2,(H2,17,21)(H,18,19). The number of nitrogen functional groups attached to an aromatic ring is 1. The fourth-order valence-corrected chi connectivity index (χ4v) is 3.53. The zero-order chi connectivity index (χ0) is 15.4. The summed E-state index contributed by atoms with van der Waals surface area (Å²) in [4.78, 5) is 25.4. The number of nitrogens with two attached hydrogens (primary N) is 2. The molecule has 2 heterocycles. The van der Waals surface area contributed by atoms with Gasteiger partial charge in [-0.15, -0.1) is 11.3 Å². The number of hydrogen-bond donors (Lipinski definition) is 3. The maximum atomic E-state index is 12.8. The van der Waals surface area contributed by atoms with Crippen molar-refractivity contribution in [1.29, 1.82) is 0 Å². The Bertz CT molecular complexity index is 941. The smallest absolute Gasteiger partial charge is 0.251 e. The van der Waals surface area contributed by atoms with Crippen LogP contribution in [0, 0.1) is 0 Å². The molecule has 1 aliphatic rings. The fourth-order valence-electron chi connectivity index (χ4n) is 2.80. The van der Waals surface area contributed by atoms with Crippen molar-refractivity contribution in [1.82, 2.24) is 10.2 Å². The number of carbonyl (C=O) groups is 2. The first-order valence-electron chi connectivity index (χ1n) is 6.49. The minimum absolute atomic E-state index is 0.0672. The number of H-pyrrole nitrogens is 1. The number of thiophene rings is 1. The molecule has 6 nitrogen and oxygen atoms in total. The van der Waals surface area contributed by atoms with Crippen LogP contribution in [-0.4, -0.2) is 21.9 Å². The van der Waals surface area contributed by atoms with E-state index in [1.165, 1.54) is 11.3 Å². The minimum Gasteiger partial charge on any atom is -0.398 e. The van der Waals surface area contributed by atoms with Crippen LogP contribution in [0.25, 0.3) is 21.8 Å². The number of ketones is 1. The van der Waals surface area contributed by atoms with Crippen molar-refractivity contribution < 1.29 is 9.59 Å². The largest absolute Gasteiger partial charge is 0.398 e. The number of aromatic nitrogens is 2. The van der Waals surface area contributed by atoms with Gasteiger partial charge in [-0.2, -0.15) is 5.10 Å². The Balaban J connectivity index is 2.01. The lowest BCUT2D eigenvalue weighted by molar-refractivity contribution is 0.0983. The highest BCUT2D eigenvalue weighted by atomic mass is 32.1. The predicted octanol–water partition coefficient (Wildman–Crippen LogP) is 2.03. The first-order valence-corrected chi connectivity index (χ1v) is 7.37. The lowest BCUT2D eigenvalue weighted by Gasteiger charge is -2.07. The molecule has 0 saturated carbocycles. The average Bonchev–Trinajstić information content (AvgIpc) is 3.17. The van der Waals surface area contributed by atoms with E-state index in [1.807, 2.05) is 17.5 Å².